The number of carbonyl (C=O) groups is 1. The van der Waals surface area contributed by atoms with Crippen LogP contribution in [0.2, 0.25) is 0 Å². The lowest BCUT2D eigenvalue weighted by Crippen LogP contribution is -2.31. The van der Waals surface area contributed by atoms with Crippen molar-refractivity contribution in [2.45, 2.75) is 19.1 Å². The predicted octanol–water partition coefficient (Wildman–Crippen LogP) is 3.42. The average Bonchev–Trinajstić information content (AvgIpc) is 2.60. The number of hydrogen-bond donors (Lipinski definition) is 1. The molecule has 0 aromatic heterocycles. The van der Waals surface area contributed by atoms with Gasteiger partial charge in [0.1, 0.15) is 19.0 Å². The summed E-state index contributed by atoms with van der Waals surface area (Å²) >= 11 is 2.12. The lowest BCUT2D eigenvalue weighted by Gasteiger charge is -2.14. The third-order valence-corrected chi connectivity index (χ3v) is 4.08. The van der Waals surface area contributed by atoms with Gasteiger partial charge in [0.2, 0.25) is 0 Å². The van der Waals surface area contributed by atoms with Crippen molar-refractivity contribution in [3.63, 3.8) is 0 Å². The van der Waals surface area contributed by atoms with Crippen LogP contribution in [0.15, 0.2) is 48.5 Å². The number of nitrogens with two attached hydrogens (primary N) is 1. The van der Waals surface area contributed by atoms with Gasteiger partial charge in [-0.2, -0.15) is 5.26 Å². The van der Waals surface area contributed by atoms with Gasteiger partial charge < -0.3 is 15.2 Å². The standard InChI is InChI=1S/C18H17IN2O3.ClH/c19-16-7-6-14(10-20)8-17(16)23-12-15(21)9-18(22)24-11-13-4-2-1-3-5-13;/h1-8,15H,9,11-12,21H2;1H/t15-;/m1./s1. The Morgan fingerprint density at radius 1 is 1.24 bits per heavy atom. The van der Waals surface area contributed by atoms with Crippen LogP contribution in [0.3, 0.4) is 0 Å². The van der Waals surface area contributed by atoms with Crippen molar-refractivity contribution in [1.82, 2.24) is 0 Å². The minimum Gasteiger partial charge on any atom is -0.491 e. The van der Waals surface area contributed by atoms with Gasteiger partial charge in [0.15, 0.2) is 0 Å². The zero-order chi connectivity index (χ0) is 17.4. The number of nitrogens with zero attached hydrogens (tertiary/aromatic N) is 1. The van der Waals surface area contributed by atoms with Gasteiger partial charge in [-0.15, -0.1) is 12.4 Å². The molecule has 0 unspecified atom stereocenters. The first-order chi connectivity index (χ1) is 11.6. The van der Waals surface area contributed by atoms with E-state index in [1.54, 1.807) is 18.2 Å². The van der Waals surface area contributed by atoms with Crippen LogP contribution in [0.4, 0.5) is 0 Å². The van der Waals surface area contributed by atoms with E-state index in [1.165, 1.54) is 0 Å². The monoisotopic (exact) mass is 472 g/mol. The van der Waals surface area contributed by atoms with Crippen molar-refractivity contribution in [2.75, 3.05) is 6.61 Å². The molecule has 25 heavy (non-hydrogen) atoms. The van der Waals surface area contributed by atoms with E-state index in [2.05, 4.69) is 28.7 Å². The average molecular weight is 473 g/mol. The summed E-state index contributed by atoms with van der Waals surface area (Å²) < 4.78 is 11.7. The van der Waals surface area contributed by atoms with Crippen LogP contribution < -0.4 is 10.5 Å². The van der Waals surface area contributed by atoms with Crippen LogP contribution in [0.1, 0.15) is 17.5 Å². The molecule has 0 fully saturated rings. The van der Waals surface area contributed by atoms with Crippen molar-refractivity contribution in [3.05, 3.63) is 63.2 Å². The van der Waals surface area contributed by atoms with Crippen molar-refractivity contribution >= 4 is 41.0 Å². The minimum atomic E-state index is -0.477. The van der Waals surface area contributed by atoms with Gasteiger partial charge in [-0.3, -0.25) is 4.79 Å². The number of nitriles is 1. The maximum absolute atomic E-state index is 11.8. The minimum absolute atomic E-state index is 0. The summed E-state index contributed by atoms with van der Waals surface area (Å²) in [7, 11) is 0. The van der Waals surface area contributed by atoms with Crippen molar-refractivity contribution in [2.24, 2.45) is 5.73 Å². The number of ether oxygens (including phenoxy) is 2. The molecule has 0 amide bonds. The van der Waals surface area contributed by atoms with E-state index in [9.17, 15) is 4.79 Å². The fraction of sp³-hybridized carbons (Fsp3) is 0.222. The van der Waals surface area contributed by atoms with Crippen molar-refractivity contribution in [1.29, 1.82) is 5.26 Å². The highest BCUT2D eigenvalue weighted by molar-refractivity contribution is 14.1. The lowest BCUT2D eigenvalue weighted by atomic mass is 10.2. The van der Waals surface area contributed by atoms with Crippen molar-refractivity contribution in [3.8, 4) is 11.8 Å². The van der Waals surface area contributed by atoms with Crippen LogP contribution >= 0.6 is 35.0 Å². The van der Waals surface area contributed by atoms with E-state index >= 15 is 0 Å². The number of benzene rings is 2. The van der Waals surface area contributed by atoms with E-state index in [-0.39, 0.29) is 38.0 Å². The normalized spacial score (nSPS) is 10.9. The molecule has 0 saturated heterocycles. The summed E-state index contributed by atoms with van der Waals surface area (Å²) in [5, 5.41) is 8.91. The Labute approximate surface area is 166 Å². The van der Waals surface area contributed by atoms with Gasteiger partial charge in [-0.1, -0.05) is 30.3 Å². The topological polar surface area (TPSA) is 85.3 Å². The molecule has 2 rings (SSSR count). The molecule has 0 aliphatic heterocycles. The SMILES string of the molecule is Cl.N#Cc1ccc(I)c(OC[C@H](N)CC(=O)OCc2ccccc2)c1. The molecule has 0 radical (unpaired) electrons. The molecule has 2 N–H and O–H groups in total. The molecule has 0 bridgehead atoms. The first-order valence-corrected chi connectivity index (χ1v) is 8.44. The second-order valence-corrected chi connectivity index (χ2v) is 6.34. The van der Waals surface area contributed by atoms with Crippen LogP contribution in [-0.2, 0) is 16.1 Å². The number of rotatable bonds is 7. The number of hydrogen-bond acceptors (Lipinski definition) is 5. The van der Waals surface area contributed by atoms with Gasteiger partial charge in [-0.05, 0) is 46.4 Å². The Kier molecular flexibility index (Phi) is 9.27. The van der Waals surface area contributed by atoms with E-state index in [4.69, 9.17) is 20.5 Å². The van der Waals surface area contributed by atoms with E-state index < -0.39 is 6.04 Å². The molecule has 2 aromatic rings. The third-order valence-electron chi connectivity index (χ3n) is 3.18. The molecular formula is C18H18ClIN2O3. The Hall–Kier alpha value is -1.82. The molecular weight excluding hydrogens is 455 g/mol. The van der Waals surface area contributed by atoms with E-state index in [0.717, 1.165) is 9.13 Å². The predicted molar refractivity (Wildman–Crippen MR) is 105 cm³/mol. The van der Waals surface area contributed by atoms with Crippen LogP contribution in [-0.4, -0.2) is 18.6 Å². The summed E-state index contributed by atoms with van der Waals surface area (Å²) in [6.45, 7) is 0.403. The summed E-state index contributed by atoms with van der Waals surface area (Å²) in [5.41, 5.74) is 7.36. The molecule has 0 heterocycles. The molecule has 2 aromatic carbocycles. The van der Waals surface area contributed by atoms with E-state index in [0.29, 0.717) is 11.3 Å². The van der Waals surface area contributed by atoms with Crippen LogP contribution in [0.5, 0.6) is 5.75 Å². The second-order valence-electron chi connectivity index (χ2n) is 5.18. The fourth-order valence-electron chi connectivity index (χ4n) is 1.95. The number of esters is 1. The highest BCUT2D eigenvalue weighted by atomic mass is 127. The number of carbonyl (C=O) groups excluding carboxylic acids is 1. The summed E-state index contributed by atoms with van der Waals surface area (Å²) in [4.78, 5) is 11.8. The molecule has 5 nitrogen and oxygen atoms in total. The van der Waals surface area contributed by atoms with Gasteiger partial charge in [-0.25, -0.2) is 0 Å². The Balaban J connectivity index is 0.00000312. The molecule has 1 atom stereocenters. The van der Waals surface area contributed by atoms with Gasteiger partial charge in [0.05, 0.1) is 21.6 Å². The Bertz CT molecular complexity index is 735. The smallest absolute Gasteiger partial charge is 0.307 e. The molecule has 0 aliphatic rings. The third kappa shape index (κ3) is 7.30. The molecule has 0 aliphatic carbocycles. The Morgan fingerprint density at radius 3 is 2.64 bits per heavy atom. The lowest BCUT2D eigenvalue weighted by molar-refractivity contribution is -0.145. The summed E-state index contributed by atoms with van der Waals surface area (Å²) in [6, 6.07) is 16.2. The zero-order valence-electron chi connectivity index (χ0n) is 13.4. The summed E-state index contributed by atoms with van der Waals surface area (Å²) in [5.74, 6) is 0.221. The quantitative estimate of drug-likeness (QED) is 0.493. The van der Waals surface area contributed by atoms with Crippen LogP contribution in [0.25, 0.3) is 0 Å². The first kappa shape index (κ1) is 21.2. The Morgan fingerprint density at radius 2 is 1.96 bits per heavy atom. The fourth-order valence-corrected chi connectivity index (χ4v) is 2.44. The molecule has 0 spiro atoms. The summed E-state index contributed by atoms with van der Waals surface area (Å²) in [6.07, 6.45) is 0.0708. The molecule has 132 valence electrons. The van der Waals surface area contributed by atoms with Crippen LogP contribution in [0, 0.1) is 14.9 Å². The second kappa shape index (κ2) is 10.9. The first-order valence-electron chi connectivity index (χ1n) is 7.36. The largest absolute Gasteiger partial charge is 0.491 e. The van der Waals surface area contributed by atoms with Gasteiger partial charge in [0.25, 0.3) is 0 Å². The highest BCUT2D eigenvalue weighted by Crippen LogP contribution is 2.22. The van der Waals surface area contributed by atoms with Gasteiger partial charge >= 0.3 is 5.97 Å². The highest BCUT2D eigenvalue weighted by Gasteiger charge is 2.13. The van der Waals surface area contributed by atoms with E-state index in [1.807, 2.05) is 30.3 Å². The molecule has 7 heteroatoms. The maximum atomic E-state index is 11.8. The maximum Gasteiger partial charge on any atom is 0.307 e. The molecule has 0 saturated carbocycles. The van der Waals surface area contributed by atoms with Gasteiger partial charge in [0, 0.05) is 6.04 Å². The zero-order valence-corrected chi connectivity index (χ0v) is 16.3. The van der Waals surface area contributed by atoms with Crippen molar-refractivity contribution < 1.29 is 14.3 Å². The number of halogens is 2.